The van der Waals surface area contributed by atoms with Gasteiger partial charge in [-0.1, -0.05) is 0 Å². The minimum absolute atomic E-state index is 0.163. The molecular weight excluding hydrogens is 303 g/mol. The Morgan fingerprint density at radius 2 is 2.28 bits per heavy atom. The number of hydrogen-bond acceptors (Lipinski definition) is 3. The van der Waals surface area contributed by atoms with E-state index in [0.717, 1.165) is 6.07 Å². The summed E-state index contributed by atoms with van der Waals surface area (Å²) in [7, 11) is 0. The molecule has 0 fully saturated rings. The lowest BCUT2D eigenvalue weighted by Gasteiger charge is -2.07. The average Bonchev–Trinajstić information content (AvgIpc) is 2.82. The number of hydrogen-bond donors (Lipinski definition) is 0. The smallest absolute Gasteiger partial charge is 0.338 e. The van der Waals surface area contributed by atoms with Crippen molar-refractivity contribution >= 4 is 21.9 Å². The molecule has 2 rings (SSSR count). The van der Waals surface area contributed by atoms with E-state index in [9.17, 15) is 9.18 Å². The molecule has 0 bridgehead atoms. The van der Waals surface area contributed by atoms with E-state index in [2.05, 4.69) is 15.9 Å². The fourth-order valence-electron chi connectivity index (χ4n) is 1.56. The van der Waals surface area contributed by atoms with Gasteiger partial charge in [0.25, 0.3) is 0 Å². The molecule has 0 amide bonds. The van der Waals surface area contributed by atoms with Gasteiger partial charge in [0.2, 0.25) is 0 Å². The van der Waals surface area contributed by atoms with Crippen molar-refractivity contribution in [1.29, 1.82) is 0 Å². The number of esters is 1. The zero-order valence-corrected chi connectivity index (χ0v) is 11.2. The van der Waals surface area contributed by atoms with E-state index in [-0.39, 0.29) is 17.7 Å². The quantitative estimate of drug-likeness (QED) is 0.803. The molecule has 0 N–H and O–H groups in total. The molecule has 0 spiro atoms. The van der Waals surface area contributed by atoms with Crippen molar-refractivity contribution in [1.82, 2.24) is 0 Å². The summed E-state index contributed by atoms with van der Waals surface area (Å²) in [6, 6.07) is 5.97. The van der Waals surface area contributed by atoms with Gasteiger partial charge in [-0.05, 0) is 47.1 Å². The molecule has 5 heteroatoms. The van der Waals surface area contributed by atoms with Crippen LogP contribution in [0.25, 0.3) is 11.3 Å². The van der Waals surface area contributed by atoms with Gasteiger partial charge >= 0.3 is 5.97 Å². The first kappa shape index (κ1) is 12.8. The first-order valence-electron chi connectivity index (χ1n) is 5.33. The van der Waals surface area contributed by atoms with Crippen molar-refractivity contribution in [3.05, 3.63) is 46.4 Å². The highest BCUT2D eigenvalue weighted by molar-refractivity contribution is 9.10. The molecule has 94 valence electrons. The van der Waals surface area contributed by atoms with Crippen LogP contribution in [-0.4, -0.2) is 12.6 Å². The third-order valence-corrected chi connectivity index (χ3v) is 2.95. The summed E-state index contributed by atoms with van der Waals surface area (Å²) in [4.78, 5) is 11.5. The van der Waals surface area contributed by atoms with Crippen molar-refractivity contribution in [2.24, 2.45) is 0 Å². The van der Waals surface area contributed by atoms with Gasteiger partial charge in [-0.2, -0.15) is 0 Å². The molecule has 18 heavy (non-hydrogen) atoms. The molecule has 1 aromatic heterocycles. The Balaban J connectivity index is 2.45. The second-order valence-electron chi connectivity index (χ2n) is 3.51. The van der Waals surface area contributed by atoms with Crippen molar-refractivity contribution in [2.75, 3.05) is 6.61 Å². The molecule has 0 saturated heterocycles. The Bertz CT molecular complexity index is 541. The molecule has 0 saturated carbocycles. The van der Waals surface area contributed by atoms with Crippen molar-refractivity contribution in [3.8, 4) is 11.3 Å². The molecule has 1 heterocycles. The molecule has 0 radical (unpaired) electrons. The summed E-state index contributed by atoms with van der Waals surface area (Å²) < 4.78 is 24.4. The number of halogens is 2. The van der Waals surface area contributed by atoms with Crippen molar-refractivity contribution < 1.29 is 18.3 Å². The van der Waals surface area contributed by atoms with E-state index < -0.39 is 11.8 Å². The number of ether oxygens (including phenoxy) is 1. The van der Waals surface area contributed by atoms with Gasteiger partial charge in [0.1, 0.15) is 11.6 Å². The third kappa shape index (κ3) is 2.46. The van der Waals surface area contributed by atoms with Crippen LogP contribution < -0.4 is 0 Å². The summed E-state index contributed by atoms with van der Waals surface area (Å²) in [6.45, 7) is 1.94. The fraction of sp³-hybridized carbons (Fsp3) is 0.154. The van der Waals surface area contributed by atoms with E-state index in [0.29, 0.717) is 10.2 Å². The molecule has 0 aliphatic heterocycles. The summed E-state index contributed by atoms with van der Waals surface area (Å²) in [6.07, 6.45) is 1.46. The monoisotopic (exact) mass is 312 g/mol. The minimum Gasteiger partial charge on any atom is -0.464 e. The van der Waals surface area contributed by atoms with Crippen LogP contribution >= 0.6 is 15.9 Å². The zero-order valence-electron chi connectivity index (χ0n) is 9.57. The van der Waals surface area contributed by atoms with Crippen LogP contribution in [0.4, 0.5) is 4.39 Å². The van der Waals surface area contributed by atoms with E-state index in [1.165, 1.54) is 12.3 Å². The van der Waals surface area contributed by atoms with E-state index in [4.69, 9.17) is 9.15 Å². The molecule has 0 aliphatic carbocycles. The highest BCUT2D eigenvalue weighted by atomic mass is 79.9. The van der Waals surface area contributed by atoms with Gasteiger partial charge in [-0.25, -0.2) is 9.18 Å². The van der Waals surface area contributed by atoms with E-state index in [1.54, 1.807) is 19.1 Å². The van der Waals surface area contributed by atoms with Gasteiger partial charge in [0, 0.05) is 4.47 Å². The zero-order chi connectivity index (χ0) is 13.1. The largest absolute Gasteiger partial charge is 0.464 e. The molecule has 3 nitrogen and oxygen atoms in total. The molecule has 0 unspecified atom stereocenters. The Hall–Kier alpha value is -1.62. The maximum absolute atomic E-state index is 14.0. The minimum atomic E-state index is -0.553. The summed E-state index contributed by atoms with van der Waals surface area (Å²) in [5.74, 6) is -0.694. The molecule has 0 aliphatic rings. The van der Waals surface area contributed by atoms with Crippen LogP contribution in [0, 0.1) is 5.82 Å². The number of carbonyl (C=O) groups is 1. The lowest BCUT2D eigenvalue weighted by molar-refractivity contribution is 0.0525. The first-order chi connectivity index (χ1) is 8.63. The highest BCUT2D eigenvalue weighted by Gasteiger charge is 2.17. The van der Waals surface area contributed by atoms with Crippen LogP contribution in [0.15, 0.2) is 39.4 Å². The number of carbonyl (C=O) groups excluding carboxylic acids is 1. The predicted molar refractivity (Wildman–Crippen MR) is 67.8 cm³/mol. The van der Waals surface area contributed by atoms with Crippen LogP contribution in [0.3, 0.4) is 0 Å². The topological polar surface area (TPSA) is 39.4 Å². The second-order valence-corrected chi connectivity index (χ2v) is 4.37. The Labute approximate surface area is 112 Å². The van der Waals surface area contributed by atoms with Crippen LogP contribution in [0.5, 0.6) is 0 Å². The predicted octanol–water partition coefficient (Wildman–Crippen LogP) is 4.02. The van der Waals surface area contributed by atoms with Gasteiger partial charge in [-0.15, -0.1) is 0 Å². The van der Waals surface area contributed by atoms with Gasteiger partial charge in [0.05, 0.1) is 24.0 Å². The Kier molecular flexibility index (Phi) is 3.81. The molecular formula is C13H10BrFO3. The lowest BCUT2D eigenvalue weighted by atomic mass is 10.1. The van der Waals surface area contributed by atoms with Gasteiger partial charge in [-0.3, -0.25) is 0 Å². The van der Waals surface area contributed by atoms with Crippen LogP contribution in [0.2, 0.25) is 0 Å². The summed E-state index contributed by atoms with van der Waals surface area (Å²) in [5.41, 5.74) is 0.449. The summed E-state index contributed by atoms with van der Waals surface area (Å²) >= 11 is 3.23. The SMILES string of the molecule is CCOC(=O)c1cc(F)c(-c2ccco2)c(Br)c1. The second kappa shape index (κ2) is 5.35. The van der Waals surface area contributed by atoms with E-state index in [1.807, 2.05) is 0 Å². The van der Waals surface area contributed by atoms with Gasteiger partial charge < -0.3 is 9.15 Å². The van der Waals surface area contributed by atoms with Crippen LogP contribution in [-0.2, 0) is 4.74 Å². The van der Waals surface area contributed by atoms with Crippen molar-refractivity contribution in [2.45, 2.75) is 6.92 Å². The van der Waals surface area contributed by atoms with Crippen LogP contribution in [0.1, 0.15) is 17.3 Å². The Morgan fingerprint density at radius 1 is 1.50 bits per heavy atom. The standard InChI is InChI=1S/C13H10BrFO3/c1-2-17-13(16)8-6-9(14)12(10(15)7-8)11-4-3-5-18-11/h3-7H,2H2,1H3. The maximum Gasteiger partial charge on any atom is 0.338 e. The van der Waals surface area contributed by atoms with Gasteiger partial charge in [0.15, 0.2) is 0 Å². The molecule has 1 aromatic carbocycles. The molecule has 0 atom stereocenters. The number of furan rings is 1. The average molecular weight is 313 g/mol. The normalized spacial score (nSPS) is 10.4. The number of benzene rings is 1. The summed E-state index contributed by atoms with van der Waals surface area (Å²) in [5, 5.41) is 0. The highest BCUT2D eigenvalue weighted by Crippen LogP contribution is 2.32. The fourth-order valence-corrected chi connectivity index (χ4v) is 2.19. The first-order valence-corrected chi connectivity index (χ1v) is 6.12. The van der Waals surface area contributed by atoms with Crippen molar-refractivity contribution in [3.63, 3.8) is 0 Å². The maximum atomic E-state index is 14.0. The Morgan fingerprint density at radius 3 is 2.83 bits per heavy atom. The third-order valence-electron chi connectivity index (χ3n) is 2.32. The van der Waals surface area contributed by atoms with E-state index >= 15 is 0 Å². The lowest BCUT2D eigenvalue weighted by Crippen LogP contribution is -2.05. The number of rotatable bonds is 3. The molecule has 2 aromatic rings.